The van der Waals surface area contributed by atoms with Gasteiger partial charge in [0.05, 0.1) is 26.7 Å². The van der Waals surface area contributed by atoms with Gasteiger partial charge in [-0.2, -0.15) is 0 Å². The predicted molar refractivity (Wildman–Crippen MR) is 116 cm³/mol. The molecule has 4 aromatic heterocycles. The fourth-order valence-electron chi connectivity index (χ4n) is 2.83. The Balaban J connectivity index is 1.90. The summed E-state index contributed by atoms with van der Waals surface area (Å²) in [6.45, 7) is 9.47. The van der Waals surface area contributed by atoms with Crippen molar-refractivity contribution in [3.8, 4) is 21.1 Å². The van der Waals surface area contributed by atoms with Crippen LogP contribution in [0, 0.1) is 6.92 Å². The first-order valence-electron chi connectivity index (χ1n) is 8.27. The van der Waals surface area contributed by atoms with Gasteiger partial charge in [-0.15, -0.1) is 22.7 Å². The molecule has 0 saturated heterocycles. The van der Waals surface area contributed by atoms with E-state index in [1.807, 2.05) is 31.3 Å². The van der Waals surface area contributed by atoms with Crippen LogP contribution in [0.1, 0.15) is 11.4 Å². The molecule has 0 unspecified atom stereocenters. The number of pyridine rings is 2. The van der Waals surface area contributed by atoms with Gasteiger partial charge in [0.1, 0.15) is 10.7 Å². The van der Waals surface area contributed by atoms with Gasteiger partial charge >= 0.3 is 0 Å². The van der Waals surface area contributed by atoms with E-state index in [0.717, 1.165) is 42.6 Å². The van der Waals surface area contributed by atoms with Crippen molar-refractivity contribution >= 4 is 45.2 Å². The fraction of sp³-hybridized carbons (Fsp3) is 0.0476. The summed E-state index contributed by atoms with van der Waals surface area (Å²) in [5, 5.41) is 4.14. The Kier molecular flexibility index (Phi) is 4.75. The van der Waals surface area contributed by atoms with Crippen LogP contribution in [0.2, 0.25) is 0 Å². The molecule has 0 atom stereocenters. The van der Waals surface area contributed by atoms with E-state index in [1.54, 1.807) is 34.9 Å². The molecule has 0 saturated carbocycles. The SMILES string of the molecule is C=C/C=C(\N=C)c1nc(-c2sc(-c3cccnc3)nc2C)cc2ccsc12. The first kappa shape index (κ1) is 17.5. The van der Waals surface area contributed by atoms with E-state index in [2.05, 4.69) is 40.8 Å². The van der Waals surface area contributed by atoms with Gasteiger partial charge in [-0.3, -0.25) is 9.98 Å². The first-order chi connectivity index (χ1) is 13.2. The highest BCUT2D eigenvalue weighted by atomic mass is 32.1. The predicted octanol–water partition coefficient (Wildman–Crippen LogP) is 6.02. The molecule has 27 heavy (non-hydrogen) atoms. The van der Waals surface area contributed by atoms with Gasteiger partial charge in [0.2, 0.25) is 0 Å². The molecule has 0 spiro atoms. The lowest BCUT2D eigenvalue weighted by Crippen LogP contribution is -1.91. The van der Waals surface area contributed by atoms with Crippen molar-refractivity contribution in [2.45, 2.75) is 6.92 Å². The highest BCUT2D eigenvalue weighted by molar-refractivity contribution is 7.18. The van der Waals surface area contributed by atoms with Crippen LogP contribution in [0.15, 0.2) is 65.8 Å². The van der Waals surface area contributed by atoms with Gasteiger partial charge in [-0.05, 0) is 54.7 Å². The molecule has 0 bridgehead atoms. The minimum atomic E-state index is 0.717. The van der Waals surface area contributed by atoms with Crippen molar-refractivity contribution in [2.24, 2.45) is 4.99 Å². The van der Waals surface area contributed by atoms with Crippen LogP contribution in [0.5, 0.6) is 0 Å². The number of hydrogen-bond acceptors (Lipinski definition) is 6. The van der Waals surface area contributed by atoms with Crippen LogP contribution in [0.25, 0.3) is 36.9 Å². The summed E-state index contributed by atoms with van der Waals surface area (Å²) in [4.78, 5) is 19.0. The summed E-state index contributed by atoms with van der Waals surface area (Å²) in [7, 11) is 0. The van der Waals surface area contributed by atoms with Crippen molar-refractivity contribution in [1.82, 2.24) is 15.0 Å². The molecule has 0 aliphatic heterocycles. The lowest BCUT2D eigenvalue weighted by atomic mass is 10.1. The van der Waals surface area contributed by atoms with E-state index in [1.165, 1.54) is 0 Å². The average Bonchev–Trinajstić information content (AvgIpc) is 3.32. The number of aliphatic imine (C=N–C) groups is 1. The third-order valence-corrected chi connectivity index (χ3v) is 6.23. The Morgan fingerprint density at radius 1 is 1.26 bits per heavy atom. The zero-order valence-electron chi connectivity index (χ0n) is 14.7. The summed E-state index contributed by atoms with van der Waals surface area (Å²) >= 11 is 3.27. The van der Waals surface area contributed by atoms with Gasteiger partial charge in [-0.1, -0.05) is 12.7 Å². The third kappa shape index (κ3) is 3.25. The smallest absolute Gasteiger partial charge is 0.125 e. The van der Waals surface area contributed by atoms with Crippen molar-refractivity contribution < 1.29 is 0 Å². The van der Waals surface area contributed by atoms with Crippen molar-refractivity contribution in [1.29, 1.82) is 0 Å². The molecule has 4 heterocycles. The molecular weight excluding hydrogens is 372 g/mol. The van der Waals surface area contributed by atoms with Gasteiger partial charge < -0.3 is 0 Å². The minimum Gasteiger partial charge on any atom is -0.264 e. The topological polar surface area (TPSA) is 51.0 Å². The van der Waals surface area contributed by atoms with Crippen LogP contribution < -0.4 is 0 Å². The number of rotatable bonds is 5. The van der Waals surface area contributed by atoms with E-state index in [9.17, 15) is 0 Å². The summed E-state index contributed by atoms with van der Waals surface area (Å²) in [6, 6.07) is 8.14. The van der Waals surface area contributed by atoms with Crippen molar-refractivity contribution in [3.63, 3.8) is 0 Å². The summed E-state index contributed by atoms with van der Waals surface area (Å²) in [5.74, 6) is 0. The van der Waals surface area contributed by atoms with E-state index in [0.29, 0.717) is 5.70 Å². The van der Waals surface area contributed by atoms with E-state index in [4.69, 9.17) is 9.97 Å². The Morgan fingerprint density at radius 3 is 2.89 bits per heavy atom. The van der Waals surface area contributed by atoms with Gasteiger partial charge in [0, 0.05) is 18.0 Å². The molecule has 6 heteroatoms. The highest BCUT2D eigenvalue weighted by Gasteiger charge is 2.17. The Hall–Kier alpha value is -2.96. The maximum absolute atomic E-state index is 4.92. The molecule has 0 N–H and O–H groups in total. The molecule has 0 aromatic carbocycles. The number of allylic oxidation sites excluding steroid dienone is 2. The van der Waals surface area contributed by atoms with Crippen LogP contribution in [-0.2, 0) is 0 Å². The zero-order valence-corrected chi connectivity index (χ0v) is 16.3. The monoisotopic (exact) mass is 388 g/mol. The second-order valence-corrected chi connectivity index (χ2v) is 7.73. The molecule has 0 fully saturated rings. The first-order valence-corrected chi connectivity index (χ1v) is 9.97. The third-order valence-electron chi connectivity index (χ3n) is 4.06. The van der Waals surface area contributed by atoms with Gasteiger partial charge in [0.25, 0.3) is 0 Å². The molecule has 0 aliphatic rings. The number of nitrogens with zero attached hydrogens (tertiary/aromatic N) is 4. The van der Waals surface area contributed by atoms with Crippen LogP contribution in [0.3, 0.4) is 0 Å². The molecule has 4 aromatic rings. The number of aromatic nitrogens is 3. The van der Waals surface area contributed by atoms with Gasteiger partial charge in [-0.25, -0.2) is 9.97 Å². The van der Waals surface area contributed by atoms with Crippen LogP contribution in [-0.4, -0.2) is 21.7 Å². The van der Waals surface area contributed by atoms with E-state index >= 15 is 0 Å². The standard InChI is InChI=1S/C21H16N4S2/c1-4-6-16(22-3)18-20-14(8-10-26-20)11-17(25-18)19-13(2)24-21(27-19)15-7-5-9-23-12-15/h4-12H,1,3H2,2H3/b16-6-. The van der Waals surface area contributed by atoms with E-state index in [-0.39, 0.29) is 0 Å². The average molecular weight is 389 g/mol. The second-order valence-electron chi connectivity index (χ2n) is 5.82. The highest BCUT2D eigenvalue weighted by Crippen LogP contribution is 2.38. The van der Waals surface area contributed by atoms with Crippen LogP contribution in [0.4, 0.5) is 0 Å². The number of aryl methyl sites for hydroxylation is 1. The maximum Gasteiger partial charge on any atom is 0.125 e. The second kappa shape index (κ2) is 7.34. The Labute approximate surface area is 165 Å². The summed E-state index contributed by atoms with van der Waals surface area (Å²) in [6.07, 6.45) is 7.13. The molecule has 0 aliphatic carbocycles. The van der Waals surface area contributed by atoms with Crippen molar-refractivity contribution in [2.75, 3.05) is 0 Å². The Morgan fingerprint density at radius 2 is 2.15 bits per heavy atom. The Bertz CT molecular complexity index is 1170. The quantitative estimate of drug-likeness (QED) is 0.310. The molecule has 132 valence electrons. The molecule has 4 rings (SSSR count). The van der Waals surface area contributed by atoms with Crippen LogP contribution >= 0.6 is 22.7 Å². The maximum atomic E-state index is 4.92. The zero-order chi connectivity index (χ0) is 18.8. The summed E-state index contributed by atoms with van der Waals surface area (Å²) < 4.78 is 1.09. The number of thiazole rings is 1. The van der Waals surface area contributed by atoms with Gasteiger partial charge in [0.15, 0.2) is 0 Å². The lowest BCUT2D eigenvalue weighted by molar-refractivity contribution is 1.23. The van der Waals surface area contributed by atoms with E-state index < -0.39 is 0 Å². The molecule has 0 amide bonds. The molecular formula is C21H16N4S2. The normalized spacial score (nSPS) is 11.7. The summed E-state index contributed by atoms with van der Waals surface area (Å²) in [5.41, 5.74) is 4.39. The number of thiophene rings is 1. The largest absolute Gasteiger partial charge is 0.264 e. The molecule has 4 nitrogen and oxygen atoms in total. The minimum absolute atomic E-state index is 0.717. The van der Waals surface area contributed by atoms with Crippen molar-refractivity contribution in [3.05, 3.63) is 72.2 Å². The fourth-order valence-corrected chi connectivity index (χ4v) is 4.72. The lowest BCUT2D eigenvalue weighted by Gasteiger charge is -2.06. The number of hydrogen-bond donors (Lipinski definition) is 0. The molecule has 0 radical (unpaired) electrons. The number of fused-ring (bicyclic) bond motifs is 1.